The highest BCUT2D eigenvalue weighted by atomic mass is 32.2. The third-order valence-corrected chi connectivity index (χ3v) is 6.68. The number of amides is 1. The predicted molar refractivity (Wildman–Crippen MR) is 141 cm³/mol. The molecule has 5 rings (SSSR count). The van der Waals surface area contributed by atoms with E-state index in [0.717, 1.165) is 17.7 Å². The van der Waals surface area contributed by atoms with Crippen LogP contribution in [0, 0.1) is 0 Å². The fraction of sp³-hybridized carbons (Fsp3) is 0.179. The van der Waals surface area contributed by atoms with Crippen LogP contribution in [0.15, 0.2) is 96.7 Å². The smallest absolute Gasteiger partial charge is 0.234 e. The zero-order valence-electron chi connectivity index (χ0n) is 19.7. The molecule has 0 fully saturated rings. The molecular formula is C28H26N4O3S. The van der Waals surface area contributed by atoms with E-state index in [2.05, 4.69) is 34.2 Å². The number of fused-ring (bicyclic) bond motifs is 1. The van der Waals surface area contributed by atoms with Crippen LogP contribution in [0.3, 0.4) is 0 Å². The van der Waals surface area contributed by atoms with Gasteiger partial charge < -0.3 is 14.8 Å². The van der Waals surface area contributed by atoms with Crippen LogP contribution in [0.5, 0.6) is 11.5 Å². The highest BCUT2D eigenvalue weighted by Gasteiger charge is 2.28. The van der Waals surface area contributed by atoms with Crippen LogP contribution in [-0.2, 0) is 17.8 Å². The van der Waals surface area contributed by atoms with Gasteiger partial charge in [-0.05, 0) is 35.7 Å². The SMILES string of the molecule is C=CCn1c(SCC(=O)Nc2ccccc2Cc2ccccc2)nnc1C1COc2ccccc2O1. The maximum atomic E-state index is 12.9. The van der Waals surface area contributed by atoms with E-state index in [1.165, 1.54) is 17.3 Å². The third-order valence-electron chi connectivity index (χ3n) is 5.71. The Labute approximate surface area is 214 Å². The Bertz CT molecular complexity index is 1360. The normalized spacial score (nSPS) is 14.3. The summed E-state index contributed by atoms with van der Waals surface area (Å²) in [5, 5.41) is 12.4. The zero-order chi connectivity index (χ0) is 24.7. The van der Waals surface area contributed by atoms with E-state index in [-0.39, 0.29) is 11.7 Å². The Balaban J connectivity index is 1.25. The van der Waals surface area contributed by atoms with Gasteiger partial charge in [-0.3, -0.25) is 9.36 Å². The molecule has 3 aromatic carbocycles. The molecule has 0 spiro atoms. The first-order chi connectivity index (χ1) is 17.7. The van der Waals surface area contributed by atoms with Crippen molar-refractivity contribution in [2.24, 2.45) is 0 Å². The van der Waals surface area contributed by atoms with E-state index in [1.807, 2.05) is 71.3 Å². The lowest BCUT2D eigenvalue weighted by molar-refractivity contribution is -0.113. The van der Waals surface area contributed by atoms with Crippen LogP contribution in [0.4, 0.5) is 5.69 Å². The molecule has 8 heteroatoms. The van der Waals surface area contributed by atoms with E-state index < -0.39 is 6.10 Å². The minimum Gasteiger partial charge on any atom is -0.485 e. The molecule has 182 valence electrons. The Hall–Kier alpha value is -4.04. The number of ether oxygens (including phenoxy) is 2. The number of anilines is 1. The summed E-state index contributed by atoms with van der Waals surface area (Å²) in [6, 6.07) is 25.6. The number of aromatic nitrogens is 3. The van der Waals surface area contributed by atoms with Gasteiger partial charge in [0, 0.05) is 12.2 Å². The van der Waals surface area contributed by atoms with Gasteiger partial charge in [0.15, 0.2) is 28.6 Å². The Morgan fingerprint density at radius 1 is 1.03 bits per heavy atom. The second-order valence-corrected chi connectivity index (χ2v) is 9.20. The Morgan fingerprint density at radius 2 is 1.78 bits per heavy atom. The summed E-state index contributed by atoms with van der Waals surface area (Å²) in [5.74, 6) is 2.11. The molecule has 0 saturated carbocycles. The van der Waals surface area contributed by atoms with Gasteiger partial charge in [-0.1, -0.05) is 78.5 Å². The number of hydrogen-bond acceptors (Lipinski definition) is 6. The molecule has 0 saturated heterocycles. The standard InChI is InChI=1S/C28H26N4O3S/c1-2-16-32-27(25-18-34-23-14-8-9-15-24(23)35-25)30-31-28(32)36-19-26(33)29-22-13-7-6-12-21(22)17-20-10-4-3-5-11-20/h2-15,25H,1,16-19H2,(H,29,33). The lowest BCUT2D eigenvalue weighted by atomic mass is 10.0. The molecule has 1 N–H and O–H groups in total. The van der Waals surface area contributed by atoms with Crippen molar-refractivity contribution in [3.63, 3.8) is 0 Å². The Morgan fingerprint density at radius 3 is 2.61 bits per heavy atom. The van der Waals surface area contributed by atoms with E-state index in [0.29, 0.717) is 35.6 Å². The lowest BCUT2D eigenvalue weighted by Gasteiger charge is -2.26. The van der Waals surface area contributed by atoms with Crippen LogP contribution < -0.4 is 14.8 Å². The fourth-order valence-electron chi connectivity index (χ4n) is 4.02. The van der Waals surface area contributed by atoms with Crippen molar-refractivity contribution in [1.82, 2.24) is 14.8 Å². The summed E-state index contributed by atoms with van der Waals surface area (Å²) in [6.07, 6.45) is 2.11. The van der Waals surface area contributed by atoms with Gasteiger partial charge >= 0.3 is 0 Å². The number of rotatable bonds is 9. The number of para-hydroxylation sites is 3. The second kappa shape index (κ2) is 11.1. The highest BCUT2D eigenvalue weighted by Crippen LogP contribution is 2.36. The van der Waals surface area contributed by atoms with E-state index in [1.54, 1.807) is 6.08 Å². The molecule has 1 aliphatic rings. The van der Waals surface area contributed by atoms with Crippen LogP contribution in [0.25, 0.3) is 0 Å². The van der Waals surface area contributed by atoms with Gasteiger partial charge in [-0.25, -0.2) is 0 Å². The monoisotopic (exact) mass is 498 g/mol. The Kier molecular flexibility index (Phi) is 7.33. The molecule has 1 amide bonds. The molecule has 1 aromatic heterocycles. The summed E-state index contributed by atoms with van der Waals surface area (Å²) in [6.45, 7) is 4.68. The number of carbonyl (C=O) groups excluding carboxylic acids is 1. The molecule has 2 heterocycles. The number of nitrogens with zero attached hydrogens (tertiary/aromatic N) is 3. The first-order valence-corrected chi connectivity index (χ1v) is 12.7. The predicted octanol–water partition coefficient (Wildman–Crippen LogP) is 5.30. The number of hydrogen-bond donors (Lipinski definition) is 1. The molecule has 1 atom stereocenters. The van der Waals surface area contributed by atoms with E-state index >= 15 is 0 Å². The van der Waals surface area contributed by atoms with Crippen LogP contribution >= 0.6 is 11.8 Å². The average molecular weight is 499 g/mol. The summed E-state index contributed by atoms with van der Waals surface area (Å²) in [7, 11) is 0. The minimum absolute atomic E-state index is 0.110. The van der Waals surface area contributed by atoms with E-state index in [9.17, 15) is 4.79 Å². The summed E-state index contributed by atoms with van der Waals surface area (Å²) < 4.78 is 13.9. The molecule has 1 unspecified atom stereocenters. The zero-order valence-corrected chi connectivity index (χ0v) is 20.5. The molecule has 4 aromatic rings. The highest BCUT2D eigenvalue weighted by molar-refractivity contribution is 7.99. The quantitative estimate of drug-likeness (QED) is 0.249. The van der Waals surface area contributed by atoms with Crippen molar-refractivity contribution >= 4 is 23.4 Å². The van der Waals surface area contributed by atoms with Crippen molar-refractivity contribution in [3.05, 3.63) is 108 Å². The number of thioether (sulfide) groups is 1. The first kappa shape index (κ1) is 23.7. The van der Waals surface area contributed by atoms with Gasteiger partial charge in [-0.15, -0.1) is 16.8 Å². The third kappa shape index (κ3) is 5.44. The molecule has 0 bridgehead atoms. The van der Waals surface area contributed by atoms with Gasteiger partial charge in [0.05, 0.1) is 5.75 Å². The lowest BCUT2D eigenvalue weighted by Crippen LogP contribution is -2.25. The first-order valence-electron chi connectivity index (χ1n) is 11.7. The van der Waals surface area contributed by atoms with Gasteiger partial charge in [0.2, 0.25) is 5.91 Å². The maximum absolute atomic E-state index is 12.9. The largest absolute Gasteiger partial charge is 0.485 e. The number of benzene rings is 3. The maximum Gasteiger partial charge on any atom is 0.234 e. The minimum atomic E-state index is -0.402. The summed E-state index contributed by atoms with van der Waals surface area (Å²) >= 11 is 1.33. The molecule has 0 aliphatic carbocycles. The van der Waals surface area contributed by atoms with Crippen molar-refractivity contribution in [2.75, 3.05) is 17.7 Å². The molecule has 0 radical (unpaired) electrons. The molecule has 36 heavy (non-hydrogen) atoms. The van der Waals surface area contributed by atoms with Gasteiger partial charge in [0.1, 0.15) is 6.61 Å². The fourth-order valence-corrected chi connectivity index (χ4v) is 4.78. The average Bonchev–Trinajstić information content (AvgIpc) is 3.31. The topological polar surface area (TPSA) is 78.3 Å². The van der Waals surface area contributed by atoms with Crippen LogP contribution in [-0.4, -0.2) is 33.0 Å². The number of carbonyl (C=O) groups is 1. The van der Waals surface area contributed by atoms with Crippen LogP contribution in [0.1, 0.15) is 23.1 Å². The number of allylic oxidation sites excluding steroid dienone is 1. The summed E-state index contributed by atoms with van der Waals surface area (Å²) in [5.41, 5.74) is 3.07. The summed E-state index contributed by atoms with van der Waals surface area (Å²) in [4.78, 5) is 12.9. The van der Waals surface area contributed by atoms with Crippen molar-refractivity contribution in [1.29, 1.82) is 0 Å². The molecular weight excluding hydrogens is 472 g/mol. The molecule has 7 nitrogen and oxygen atoms in total. The van der Waals surface area contributed by atoms with Crippen molar-refractivity contribution in [2.45, 2.75) is 24.2 Å². The van der Waals surface area contributed by atoms with Crippen molar-refractivity contribution in [3.8, 4) is 11.5 Å². The van der Waals surface area contributed by atoms with Crippen molar-refractivity contribution < 1.29 is 14.3 Å². The van der Waals surface area contributed by atoms with Crippen LogP contribution in [0.2, 0.25) is 0 Å². The number of nitrogens with one attached hydrogen (secondary N) is 1. The molecule has 1 aliphatic heterocycles. The van der Waals surface area contributed by atoms with Gasteiger partial charge in [-0.2, -0.15) is 0 Å². The van der Waals surface area contributed by atoms with E-state index in [4.69, 9.17) is 9.47 Å². The second-order valence-electron chi connectivity index (χ2n) is 8.26. The van der Waals surface area contributed by atoms with Gasteiger partial charge in [0.25, 0.3) is 0 Å².